The van der Waals surface area contributed by atoms with Crippen molar-refractivity contribution in [1.82, 2.24) is 5.43 Å². The van der Waals surface area contributed by atoms with Gasteiger partial charge in [-0.3, -0.25) is 11.3 Å². The van der Waals surface area contributed by atoms with Crippen molar-refractivity contribution in [3.63, 3.8) is 0 Å². The molecule has 0 saturated carbocycles. The molecular weight excluding hydrogens is 351 g/mol. The van der Waals surface area contributed by atoms with E-state index in [1.54, 1.807) is 17.8 Å². The van der Waals surface area contributed by atoms with Gasteiger partial charge in [0.05, 0.1) is 0 Å². The second kappa shape index (κ2) is 7.94. The minimum absolute atomic E-state index is 0.0204. The minimum Gasteiger partial charge on any atom is -0.271 e. The van der Waals surface area contributed by atoms with E-state index in [4.69, 9.17) is 5.84 Å². The van der Waals surface area contributed by atoms with E-state index in [-0.39, 0.29) is 11.9 Å². The third-order valence-electron chi connectivity index (χ3n) is 3.19. The summed E-state index contributed by atoms with van der Waals surface area (Å²) in [4.78, 5) is 1.19. The Morgan fingerprint density at radius 1 is 1.24 bits per heavy atom. The molecule has 1 unspecified atom stereocenters. The zero-order valence-electron chi connectivity index (χ0n) is 11.8. The average Bonchev–Trinajstić information content (AvgIpc) is 2.47. The molecule has 0 radical (unpaired) electrons. The fourth-order valence-corrected chi connectivity index (χ4v) is 3.22. The second-order valence-electron chi connectivity index (χ2n) is 4.93. The van der Waals surface area contributed by atoms with Gasteiger partial charge in [0.15, 0.2) is 0 Å². The average molecular weight is 369 g/mol. The van der Waals surface area contributed by atoms with Gasteiger partial charge >= 0.3 is 0 Å². The van der Waals surface area contributed by atoms with Gasteiger partial charge in [0.1, 0.15) is 5.82 Å². The fourth-order valence-electron chi connectivity index (χ4n) is 1.95. The molecule has 0 aliphatic rings. The standard InChI is InChI=1S/C16H18BrFN2S/c1-11-2-6-15(7-3-11)21-10-14(20-19)8-12-4-5-13(17)9-16(12)18/h2-7,9,14,20H,8,10,19H2,1H3. The zero-order valence-corrected chi connectivity index (χ0v) is 14.2. The van der Waals surface area contributed by atoms with Crippen LogP contribution in [0.4, 0.5) is 4.39 Å². The van der Waals surface area contributed by atoms with Crippen LogP contribution in [0.25, 0.3) is 0 Å². The molecule has 0 heterocycles. The summed E-state index contributed by atoms with van der Waals surface area (Å²) in [5, 5.41) is 0. The van der Waals surface area contributed by atoms with Crippen LogP contribution in [0.2, 0.25) is 0 Å². The number of nitrogens with two attached hydrogens (primary N) is 1. The van der Waals surface area contributed by atoms with Crippen LogP contribution in [0.15, 0.2) is 51.8 Å². The maximum absolute atomic E-state index is 13.8. The quantitative estimate of drug-likeness (QED) is 0.458. The predicted octanol–water partition coefficient (Wildman–Crippen LogP) is 4.06. The molecule has 2 aromatic carbocycles. The molecule has 3 N–H and O–H groups in total. The molecule has 0 amide bonds. The number of hydrazine groups is 1. The van der Waals surface area contributed by atoms with E-state index in [1.807, 2.05) is 6.07 Å². The Bertz CT molecular complexity index is 589. The normalized spacial score (nSPS) is 12.4. The number of halogens is 2. The highest BCUT2D eigenvalue weighted by Gasteiger charge is 2.12. The minimum atomic E-state index is -0.204. The number of rotatable bonds is 6. The van der Waals surface area contributed by atoms with Crippen molar-refractivity contribution < 1.29 is 4.39 Å². The van der Waals surface area contributed by atoms with E-state index in [0.717, 1.165) is 10.2 Å². The van der Waals surface area contributed by atoms with Crippen LogP contribution in [0, 0.1) is 12.7 Å². The first-order chi connectivity index (χ1) is 10.1. The molecule has 2 rings (SSSR count). The summed E-state index contributed by atoms with van der Waals surface area (Å²) < 4.78 is 14.6. The molecule has 0 aromatic heterocycles. The molecular formula is C16H18BrFN2S. The van der Waals surface area contributed by atoms with Crippen molar-refractivity contribution in [3.8, 4) is 0 Å². The Labute approximate surface area is 137 Å². The summed E-state index contributed by atoms with van der Waals surface area (Å²) in [5.74, 6) is 6.18. The molecule has 2 aromatic rings. The van der Waals surface area contributed by atoms with E-state index in [0.29, 0.717) is 12.0 Å². The van der Waals surface area contributed by atoms with Gasteiger partial charge in [-0.25, -0.2) is 4.39 Å². The van der Waals surface area contributed by atoms with E-state index < -0.39 is 0 Å². The summed E-state index contributed by atoms with van der Waals surface area (Å²) >= 11 is 4.98. The molecule has 0 aliphatic carbocycles. The van der Waals surface area contributed by atoms with Crippen LogP contribution >= 0.6 is 27.7 Å². The number of thioether (sulfide) groups is 1. The number of hydrogen-bond donors (Lipinski definition) is 2. The van der Waals surface area contributed by atoms with Gasteiger partial charge in [0.25, 0.3) is 0 Å². The highest BCUT2D eigenvalue weighted by atomic mass is 79.9. The lowest BCUT2D eigenvalue weighted by Gasteiger charge is -2.16. The van der Waals surface area contributed by atoms with Crippen molar-refractivity contribution in [3.05, 3.63) is 63.9 Å². The van der Waals surface area contributed by atoms with Crippen LogP contribution in [0.1, 0.15) is 11.1 Å². The van der Waals surface area contributed by atoms with Crippen molar-refractivity contribution >= 4 is 27.7 Å². The van der Waals surface area contributed by atoms with E-state index >= 15 is 0 Å². The van der Waals surface area contributed by atoms with Gasteiger partial charge in [-0.2, -0.15) is 0 Å². The van der Waals surface area contributed by atoms with Crippen molar-refractivity contribution in [2.24, 2.45) is 5.84 Å². The molecule has 0 bridgehead atoms. The molecule has 0 saturated heterocycles. The SMILES string of the molecule is Cc1ccc(SCC(Cc2ccc(Br)cc2F)NN)cc1. The maximum Gasteiger partial charge on any atom is 0.127 e. The lowest BCUT2D eigenvalue weighted by molar-refractivity contribution is 0.546. The smallest absolute Gasteiger partial charge is 0.127 e. The summed E-state index contributed by atoms with van der Waals surface area (Å²) in [6.07, 6.45) is 0.564. The largest absolute Gasteiger partial charge is 0.271 e. The third-order valence-corrected chi connectivity index (χ3v) is 4.86. The van der Waals surface area contributed by atoms with Crippen LogP contribution in [0.5, 0.6) is 0 Å². The van der Waals surface area contributed by atoms with Crippen LogP contribution < -0.4 is 11.3 Å². The highest BCUT2D eigenvalue weighted by Crippen LogP contribution is 2.21. The molecule has 1 atom stereocenters. The molecule has 112 valence electrons. The topological polar surface area (TPSA) is 38.0 Å². The molecule has 5 heteroatoms. The zero-order chi connectivity index (χ0) is 15.2. The van der Waals surface area contributed by atoms with E-state index in [2.05, 4.69) is 52.5 Å². The van der Waals surface area contributed by atoms with E-state index in [1.165, 1.54) is 16.5 Å². The van der Waals surface area contributed by atoms with Crippen LogP contribution in [-0.2, 0) is 6.42 Å². The van der Waals surface area contributed by atoms with Gasteiger partial charge in [-0.15, -0.1) is 11.8 Å². The Hall–Kier alpha value is -0.880. The first kappa shape index (κ1) is 16.5. The van der Waals surface area contributed by atoms with Crippen LogP contribution in [0.3, 0.4) is 0 Å². The van der Waals surface area contributed by atoms with Gasteiger partial charge in [0, 0.05) is 21.2 Å². The fraction of sp³-hybridized carbons (Fsp3) is 0.250. The molecule has 21 heavy (non-hydrogen) atoms. The maximum atomic E-state index is 13.8. The number of benzene rings is 2. The lowest BCUT2D eigenvalue weighted by atomic mass is 10.1. The van der Waals surface area contributed by atoms with Gasteiger partial charge < -0.3 is 0 Å². The summed E-state index contributed by atoms with van der Waals surface area (Å²) in [7, 11) is 0. The summed E-state index contributed by atoms with van der Waals surface area (Å²) in [6.45, 7) is 2.06. The number of nitrogens with one attached hydrogen (secondary N) is 1. The van der Waals surface area contributed by atoms with Gasteiger partial charge in [-0.05, 0) is 43.2 Å². The van der Waals surface area contributed by atoms with E-state index in [9.17, 15) is 4.39 Å². The Morgan fingerprint density at radius 2 is 1.95 bits per heavy atom. The van der Waals surface area contributed by atoms with Crippen LogP contribution in [-0.4, -0.2) is 11.8 Å². The number of hydrogen-bond acceptors (Lipinski definition) is 3. The number of aryl methyl sites for hydroxylation is 1. The summed E-state index contributed by atoms with van der Waals surface area (Å²) in [6, 6.07) is 13.5. The lowest BCUT2D eigenvalue weighted by Crippen LogP contribution is -2.38. The van der Waals surface area contributed by atoms with Crippen molar-refractivity contribution in [2.45, 2.75) is 24.3 Å². The third kappa shape index (κ3) is 5.11. The Morgan fingerprint density at radius 3 is 2.57 bits per heavy atom. The first-order valence-corrected chi connectivity index (χ1v) is 8.46. The first-order valence-electron chi connectivity index (χ1n) is 6.68. The summed E-state index contributed by atoms with van der Waals surface area (Å²) in [5.41, 5.74) is 4.69. The van der Waals surface area contributed by atoms with Crippen molar-refractivity contribution in [2.75, 3.05) is 5.75 Å². The molecule has 0 aliphatic heterocycles. The predicted molar refractivity (Wildman–Crippen MR) is 90.8 cm³/mol. The molecule has 0 fully saturated rings. The highest BCUT2D eigenvalue weighted by molar-refractivity contribution is 9.10. The van der Waals surface area contributed by atoms with Gasteiger partial charge in [0.2, 0.25) is 0 Å². The molecule has 0 spiro atoms. The molecule has 2 nitrogen and oxygen atoms in total. The van der Waals surface area contributed by atoms with Crippen molar-refractivity contribution in [1.29, 1.82) is 0 Å². The Kier molecular flexibility index (Phi) is 6.23. The monoisotopic (exact) mass is 368 g/mol. The Balaban J connectivity index is 1.95. The second-order valence-corrected chi connectivity index (χ2v) is 6.94. The van der Waals surface area contributed by atoms with Gasteiger partial charge in [-0.1, -0.05) is 39.7 Å².